The van der Waals surface area contributed by atoms with Crippen LogP contribution < -0.4 is 0 Å². The molecule has 1 aromatic carbocycles. The maximum absolute atomic E-state index is 12.4. The minimum Gasteiger partial charge on any atom is -0.345 e. The molecular weight excluding hydrogens is 312 g/mol. The Morgan fingerprint density at radius 3 is 2.68 bits per heavy atom. The van der Waals surface area contributed by atoms with Crippen molar-refractivity contribution in [2.45, 2.75) is 32.2 Å². The summed E-state index contributed by atoms with van der Waals surface area (Å²) in [7, 11) is 1.91. The SMILES string of the molecule is CN(CCc1cn[nH]c1)C(=O)CC1CCN(Cc2ccccc2)CC1. The minimum absolute atomic E-state index is 0.269. The molecule has 0 saturated carbocycles. The van der Waals surface area contributed by atoms with E-state index >= 15 is 0 Å². The number of carbonyl (C=O) groups excluding carboxylic acids is 1. The van der Waals surface area contributed by atoms with E-state index in [0.717, 1.165) is 51.0 Å². The fourth-order valence-electron chi connectivity index (χ4n) is 3.43. The second-order valence-electron chi connectivity index (χ2n) is 7.08. The van der Waals surface area contributed by atoms with Crippen molar-refractivity contribution in [3.63, 3.8) is 0 Å². The van der Waals surface area contributed by atoms with E-state index in [9.17, 15) is 4.79 Å². The number of nitrogens with zero attached hydrogens (tertiary/aromatic N) is 3. The van der Waals surface area contributed by atoms with Crippen LogP contribution in [0.1, 0.15) is 30.4 Å². The Balaban J connectivity index is 1.37. The molecule has 2 aromatic rings. The number of rotatable bonds is 7. The maximum Gasteiger partial charge on any atom is 0.222 e. The van der Waals surface area contributed by atoms with Gasteiger partial charge in [-0.1, -0.05) is 30.3 Å². The van der Waals surface area contributed by atoms with Gasteiger partial charge in [0.1, 0.15) is 0 Å². The molecule has 5 heteroatoms. The molecule has 25 heavy (non-hydrogen) atoms. The van der Waals surface area contributed by atoms with E-state index in [1.165, 1.54) is 5.56 Å². The molecule has 1 aliphatic rings. The van der Waals surface area contributed by atoms with E-state index in [-0.39, 0.29) is 5.91 Å². The third kappa shape index (κ3) is 5.43. The summed E-state index contributed by atoms with van der Waals surface area (Å²) < 4.78 is 0. The van der Waals surface area contributed by atoms with Crippen molar-refractivity contribution in [3.8, 4) is 0 Å². The summed E-state index contributed by atoms with van der Waals surface area (Å²) >= 11 is 0. The van der Waals surface area contributed by atoms with Crippen LogP contribution in [0.3, 0.4) is 0 Å². The Morgan fingerprint density at radius 2 is 2.00 bits per heavy atom. The number of nitrogens with one attached hydrogen (secondary N) is 1. The van der Waals surface area contributed by atoms with E-state index < -0.39 is 0 Å². The highest BCUT2D eigenvalue weighted by atomic mass is 16.2. The topological polar surface area (TPSA) is 52.2 Å². The van der Waals surface area contributed by atoms with Crippen LogP contribution in [-0.4, -0.2) is 52.6 Å². The molecule has 1 aliphatic heterocycles. The molecule has 5 nitrogen and oxygen atoms in total. The van der Waals surface area contributed by atoms with E-state index in [1.807, 2.05) is 24.3 Å². The van der Waals surface area contributed by atoms with Crippen LogP contribution in [0, 0.1) is 5.92 Å². The molecule has 2 heterocycles. The molecule has 1 amide bonds. The Bertz CT molecular complexity index is 633. The number of hydrogen-bond donors (Lipinski definition) is 1. The van der Waals surface area contributed by atoms with Gasteiger partial charge in [0.2, 0.25) is 5.91 Å². The summed E-state index contributed by atoms with van der Waals surface area (Å²) in [6.07, 6.45) is 7.49. The number of carbonyl (C=O) groups is 1. The van der Waals surface area contributed by atoms with Crippen LogP contribution in [0.4, 0.5) is 0 Å². The molecule has 0 unspecified atom stereocenters. The van der Waals surface area contributed by atoms with E-state index in [1.54, 1.807) is 0 Å². The average Bonchev–Trinajstić information content (AvgIpc) is 3.16. The summed E-state index contributed by atoms with van der Waals surface area (Å²) in [6.45, 7) is 3.95. The molecule has 1 fully saturated rings. The van der Waals surface area contributed by atoms with Crippen LogP contribution in [0.2, 0.25) is 0 Å². The first kappa shape index (κ1) is 17.7. The van der Waals surface area contributed by atoms with Gasteiger partial charge in [0.15, 0.2) is 0 Å². The lowest BCUT2D eigenvalue weighted by molar-refractivity contribution is -0.131. The van der Waals surface area contributed by atoms with E-state index in [2.05, 4.69) is 45.4 Å². The molecule has 134 valence electrons. The van der Waals surface area contributed by atoms with Gasteiger partial charge in [-0.2, -0.15) is 5.10 Å². The van der Waals surface area contributed by atoms with Crippen molar-refractivity contribution < 1.29 is 4.79 Å². The first-order chi connectivity index (χ1) is 12.2. The zero-order valence-electron chi connectivity index (χ0n) is 15.0. The molecule has 0 radical (unpaired) electrons. The van der Waals surface area contributed by atoms with Gasteiger partial charge in [-0.05, 0) is 49.4 Å². The number of likely N-dealkylation sites (tertiary alicyclic amines) is 1. The predicted octanol–water partition coefficient (Wildman–Crippen LogP) is 2.71. The summed E-state index contributed by atoms with van der Waals surface area (Å²) in [5.74, 6) is 0.793. The minimum atomic E-state index is 0.269. The van der Waals surface area contributed by atoms with Crippen molar-refractivity contribution in [1.82, 2.24) is 20.0 Å². The Labute approximate surface area is 150 Å². The lowest BCUT2D eigenvalue weighted by atomic mass is 9.92. The molecule has 3 rings (SSSR count). The number of piperidine rings is 1. The number of benzene rings is 1. The molecule has 1 saturated heterocycles. The Hall–Kier alpha value is -2.14. The quantitative estimate of drug-likeness (QED) is 0.843. The van der Waals surface area contributed by atoms with Gasteiger partial charge in [-0.3, -0.25) is 14.8 Å². The molecule has 0 bridgehead atoms. The standard InChI is InChI=1S/C20H28N4O/c1-23(10-7-19-14-21-22-15-19)20(25)13-17-8-11-24(12-9-17)16-18-5-3-2-4-6-18/h2-6,14-15,17H,7-13,16H2,1H3,(H,21,22). The lowest BCUT2D eigenvalue weighted by Gasteiger charge is -2.32. The summed E-state index contributed by atoms with van der Waals surface area (Å²) in [4.78, 5) is 16.8. The largest absolute Gasteiger partial charge is 0.345 e. The molecule has 0 atom stereocenters. The second kappa shape index (κ2) is 8.81. The van der Waals surface area contributed by atoms with Crippen molar-refractivity contribution in [3.05, 3.63) is 53.9 Å². The highest BCUT2D eigenvalue weighted by Crippen LogP contribution is 2.22. The molecule has 0 spiro atoms. The normalized spacial score (nSPS) is 16.0. The fourth-order valence-corrected chi connectivity index (χ4v) is 3.43. The van der Waals surface area contributed by atoms with Gasteiger partial charge in [-0.25, -0.2) is 0 Å². The number of aromatic nitrogens is 2. The third-order valence-corrected chi connectivity index (χ3v) is 5.14. The molecule has 1 aromatic heterocycles. The smallest absolute Gasteiger partial charge is 0.222 e. The highest BCUT2D eigenvalue weighted by Gasteiger charge is 2.22. The zero-order chi connectivity index (χ0) is 17.5. The van der Waals surface area contributed by atoms with Crippen LogP contribution in [0.15, 0.2) is 42.7 Å². The van der Waals surface area contributed by atoms with Gasteiger partial charge in [0.25, 0.3) is 0 Å². The van der Waals surface area contributed by atoms with Crippen LogP contribution >= 0.6 is 0 Å². The summed E-state index contributed by atoms with van der Waals surface area (Å²) in [5, 5.41) is 6.75. The van der Waals surface area contributed by atoms with Crippen LogP contribution in [0.25, 0.3) is 0 Å². The third-order valence-electron chi connectivity index (χ3n) is 5.14. The van der Waals surface area contributed by atoms with Gasteiger partial charge < -0.3 is 4.90 Å². The van der Waals surface area contributed by atoms with Gasteiger partial charge in [0, 0.05) is 32.8 Å². The van der Waals surface area contributed by atoms with E-state index in [4.69, 9.17) is 0 Å². The number of H-pyrrole nitrogens is 1. The van der Waals surface area contributed by atoms with Gasteiger partial charge in [0.05, 0.1) is 6.20 Å². The fraction of sp³-hybridized carbons (Fsp3) is 0.500. The van der Waals surface area contributed by atoms with Gasteiger partial charge in [-0.15, -0.1) is 0 Å². The number of amides is 1. The predicted molar refractivity (Wildman–Crippen MR) is 99.0 cm³/mol. The molecule has 0 aliphatic carbocycles. The highest BCUT2D eigenvalue weighted by molar-refractivity contribution is 5.76. The first-order valence-corrected chi connectivity index (χ1v) is 9.18. The number of aromatic amines is 1. The molecular formula is C20H28N4O. The van der Waals surface area contributed by atoms with Crippen molar-refractivity contribution in [2.75, 3.05) is 26.7 Å². The molecule has 1 N–H and O–H groups in total. The Morgan fingerprint density at radius 1 is 1.24 bits per heavy atom. The van der Waals surface area contributed by atoms with E-state index in [0.29, 0.717) is 12.3 Å². The summed E-state index contributed by atoms with van der Waals surface area (Å²) in [5.41, 5.74) is 2.52. The van der Waals surface area contributed by atoms with Crippen molar-refractivity contribution in [1.29, 1.82) is 0 Å². The van der Waals surface area contributed by atoms with Crippen molar-refractivity contribution in [2.24, 2.45) is 5.92 Å². The first-order valence-electron chi connectivity index (χ1n) is 9.18. The van der Waals surface area contributed by atoms with Crippen LogP contribution in [-0.2, 0) is 17.8 Å². The summed E-state index contributed by atoms with van der Waals surface area (Å²) in [6, 6.07) is 10.6. The lowest BCUT2D eigenvalue weighted by Crippen LogP contribution is -2.36. The monoisotopic (exact) mass is 340 g/mol. The zero-order valence-corrected chi connectivity index (χ0v) is 15.0. The van der Waals surface area contributed by atoms with Crippen molar-refractivity contribution >= 4 is 5.91 Å². The second-order valence-corrected chi connectivity index (χ2v) is 7.08. The maximum atomic E-state index is 12.4. The number of likely N-dealkylation sites (N-methyl/N-ethyl adjacent to an activating group) is 1. The van der Waals surface area contributed by atoms with Crippen LogP contribution in [0.5, 0.6) is 0 Å². The average molecular weight is 340 g/mol. The Kier molecular flexibility index (Phi) is 6.23. The number of hydrogen-bond acceptors (Lipinski definition) is 3. The van der Waals surface area contributed by atoms with Gasteiger partial charge >= 0.3 is 0 Å².